The predicted octanol–water partition coefficient (Wildman–Crippen LogP) is 3.23. The van der Waals surface area contributed by atoms with Crippen molar-refractivity contribution in [2.75, 3.05) is 40.4 Å². The summed E-state index contributed by atoms with van der Waals surface area (Å²) in [5.41, 5.74) is 1.25. The Labute approximate surface area is 187 Å². The van der Waals surface area contributed by atoms with Crippen molar-refractivity contribution in [1.29, 1.82) is 0 Å². The molecule has 1 amide bonds. The Morgan fingerprint density at radius 1 is 1.13 bits per heavy atom. The summed E-state index contributed by atoms with van der Waals surface area (Å²) in [7, 11) is -0.662. The Balaban J connectivity index is 1.78. The van der Waals surface area contributed by atoms with Crippen LogP contribution in [0.5, 0.6) is 11.5 Å². The minimum absolute atomic E-state index is 0.0744. The van der Waals surface area contributed by atoms with Crippen LogP contribution in [-0.2, 0) is 16.4 Å². The molecule has 0 bridgehead atoms. The zero-order valence-corrected chi connectivity index (χ0v) is 19.1. The number of hydrogen-bond acceptors (Lipinski definition) is 5. The number of rotatable bonds is 7. The van der Waals surface area contributed by atoms with Crippen molar-refractivity contribution in [3.8, 4) is 11.5 Å². The van der Waals surface area contributed by atoms with Crippen LogP contribution in [0.1, 0.15) is 15.9 Å². The summed E-state index contributed by atoms with van der Waals surface area (Å²) < 4.78 is 38.0. The fraction of sp³-hybridized carbons (Fsp3) is 0.318. The third kappa shape index (κ3) is 4.71. The van der Waals surface area contributed by atoms with Crippen molar-refractivity contribution < 1.29 is 22.7 Å². The number of benzene rings is 2. The summed E-state index contributed by atoms with van der Waals surface area (Å²) in [4.78, 5) is 14.8. The van der Waals surface area contributed by atoms with Crippen LogP contribution in [0.4, 0.5) is 0 Å². The lowest BCUT2D eigenvalue weighted by Gasteiger charge is -2.34. The predicted molar refractivity (Wildman–Crippen MR) is 120 cm³/mol. The van der Waals surface area contributed by atoms with Gasteiger partial charge in [-0.25, -0.2) is 8.42 Å². The summed E-state index contributed by atoms with van der Waals surface area (Å²) in [5, 5.41) is 0.182. The number of methoxy groups -OCH3 is 2. The van der Waals surface area contributed by atoms with Crippen molar-refractivity contribution >= 4 is 27.5 Å². The molecule has 0 aliphatic carbocycles. The number of amides is 1. The fourth-order valence-corrected chi connectivity index (χ4v) is 5.50. The second kappa shape index (κ2) is 9.72. The van der Waals surface area contributed by atoms with Gasteiger partial charge in [-0.05, 0) is 30.7 Å². The highest BCUT2D eigenvalue weighted by Crippen LogP contribution is 2.34. The van der Waals surface area contributed by atoms with Gasteiger partial charge in [0, 0.05) is 37.3 Å². The first-order valence-electron chi connectivity index (χ1n) is 9.73. The first-order chi connectivity index (χ1) is 14.8. The molecule has 0 spiro atoms. The van der Waals surface area contributed by atoms with Gasteiger partial charge in [0.2, 0.25) is 10.0 Å². The average molecular weight is 465 g/mol. The molecule has 3 rings (SSSR count). The van der Waals surface area contributed by atoms with E-state index in [1.807, 2.05) is 0 Å². The molecule has 9 heteroatoms. The van der Waals surface area contributed by atoms with Gasteiger partial charge >= 0.3 is 0 Å². The molecule has 1 fully saturated rings. The second-order valence-electron chi connectivity index (χ2n) is 6.99. The number of hydrogen-bond donors (Lipinski definition) is 0. The van der Waals surface area contributed by atoms with Gasteiger partial charge in [-0.1, -0.05) is 29.8 Å². The van der Waals surface area contributed by atoms with Gasteiger partial charge in [-0.2, -0.15) is 4.31 Å². The Hall–Kier alpha value is -2.55. The average Bonchev–Trinajstić information content (AvgIpc) is 2.78. The smallest absolute Gasteiger partial charge is 0.254 e. The summed E-state index contributed by atoms with van der Waals surface area (Å²) in [6, 6.07) is 9.75. The highest BCUT2D eigenvalue weighted by atomic mass is 35.5. The van der Waals surface area contributed by atoms with E-state index in [9.17, 15) is 13.2 Å². The molecule has 0 N–H and O–H groups in total. The van der Waals surface area contributed by atoms with Gasteiger partial charge in [-0.15, -0.1) is 6.58 Å². The van der Waals surface area contributed by atoms with Crippen LogP contribution < -0.4 is 9.47 Å². The normalized spacial score (nSPS) is 14.9. The van der Waals surface area contributed by atoms with Crippen molar-refractivity contribution in [2.45, 2.75) is 11.3 Å². The molecule has 0 radical (unpaired) electrons. The van der Waals surface area contributed by atoms with Crippen molar-refractivity contribution in [1.82, 2.24) is 9.21 Å². The molecule has 2 aromatic carbocycles. The van der Waals surface area contributed by atoms with E-state index in [1.54, 1.807) is 48.4 Å². The number of carbonyl (C=O) groups excluding carboxylic acids is 1. The molecule has 0 atom stereocenters. The SMILES string of the molecule is C=CCc1cc(C(=O)N2CCN(S(=O)(=O)c3ccccc3Cl)CC2)cc(OC)c1OC. The molecule has 1 heterocycles. The molecular weight excluding hydrogens is 440 g/mol. The number of nitrogens with zero attached hydrogens (tertiary/aromatic N) is 2. The summed E-state index contributed by atoms with van der Waals surface area (Å²) in [5.74, 6) is 0.834. The van der Waals surface area contributed by atoms with E-state index in [4.69, 9.17) is 21.1 Å². The van der Waals surface area contributed by atoms with E-state index in [-0.39, 0.29) is 42.0 Å². The van der Waals surface area contributed by atoms with Crippen molar-refractivity contribution in [3.05, 3.63) is 65.2 Å². The molecule has 2 aromatic rings. The lowest BCUT2D eigenvalue weighted by molar-refractivity contribution is 0.0697. The third-order valence-electron chi connectivity index (χ3n) is 5.15. The molecule has 166 valence electrons. The minimum atomic E-state index is -3.72. The Morgan fingerprint density at radius 2 is 1.81 bits per heavy atom. The molecule has 1 aliphatic rings. The van der Waals surface area contributed by atoms with Crippen LogP contribution in [0.15, 0.2) is 53.9 Å². The molecule has 31 heavy (non-hydrogen) atoms. The summed E-state index contributed by atoms with van der Waals surface area (Å²) in [6.07, 6.45) is 2.24. The fourth-order valence-electron chi connectivity index (χ4n) is 3.58. The third-order valence-corrected chi connectivity index (χ3v) is 7.55. The highest BCUT2D eigenvalue weighted by molar-refractivity contribution is 7.89. The van der Waals surface area contributed by atoms with E-state index < -0.39 is 10.0 Å². The topological polar surface area (TPSA) is 76.2 Å². The zero-order chi connectivity index (χ0) is 22.6. The standard InChI is InChI=1S/C22H25ClN2O5S/c1-4-7-16-14-17(15-19(29-2)21(16)30-3)22(26)24-10-12-25(13-11-24)31(27,28)20-9-6-5-8-18(20)23/h4-6,8-9,14-15H,1,7,10-13H2,2-3H3. The van der Waals surface area contributed by atoms with Gasteiger partial charge in [0.1, 0.15) is 4.90 Å². The van der Waals surface area contributed by atoms with Crippen LogP contribution in [0.3, 0.4) is 0 Å². The van der Waals surface area contributed by atoms with Crippen LogP contribution in [-0.4, -0.2) is 63.9 Å². The molecular formula is C22H25ClN2O5S. The van der Waals surface area contributed by atoms with Crippen molar-refractivity contribution in [3.63, 3.8) is 0 Å². The second-order valence-corrected chi connectivity index (χ2v) is 9.30. The molecule has 0 aromatic heterocycles. The van der Waals surface area contributed by atoms with E-state index in [1.165, 1.54) is 17.5 Å². The number of ether oxygens (including phenoxy) is 2. The first kappa shape index (κ1) is 23.1. The lowest BCUT2D eigenvalue weighted by atomic mass is 10.0. The van der Waals surface area contributed by atoms with Crippen LogP contribution in [0.2, 0.25) is 5.02 Å². The van der Waals surface area contributed by atoms with Crippen LogP contribution >= 0.6 is 11.6 Å². The number of allylic oxidation sites excluding steroid dienone is 1. The largest absolute Gasteiger partial charge is 0.493 e. The minimum Gasteiger partial charge on any atom is -0.493 e. The van der Waals surface area contributed by atoms with E-state index in [2.05, 4.69) is 6.58 Å². The molecule has 1 aliphatic heterocycles. The molecule has 1 saturated heterocycles. The number of sulfonamides is 1. The van der Waals surface area contributed by atoms with E-state index >= 15 is 0 Å². The molecule has 7 nitrogen and oxygen atoms in total. The Morgan fingerprint density at radius 3 is 2.39 bits per heavy atom. The lowest BCUT2D eigenvalue weighted by Crippen LogP contribution is -2.50. The maximum Gasteiger partial charge on any atom is 0.254 e. The Bertz CT molecular complexity index is 1080. The van der Waals surface area contributed by atoms with Gasteiger partial charge in [-0.3, -0.25) is 4.79 Å². The number of carbonyl (C=O) groups is 1. The highest BCUT2D eigenvalue weighted by Gasteiger charge is 2.32. The van der Waals surface area contributed by atoms with Crippen LogP contribution in [0, 0.1) is 0 Å². The van der Waals surface area contributed by atoms with Gasteiger partial charge < -0.3 is 14.4 Å². The van der Waals surface area contributed by atoms with Crippen LogP contribution in [0.25, 0.3) is 0 Å². The zero-order valence-electron chi connectivity index (χ0n) is 17.5. The van der Waals surface area contributed by atoms with E-state index in [0.717, 1.165) is 5.56 Å². The summed E-state index contributed by atoms with van der Waals surface area (Å²) >= 11 is 6.08. The number of halogens is 1. The quantitative estimate of drug-likeness (QED) is 0.588. The van der Waals surface area contributed by atoms with Gasteiger partial charge in [0.15, 0.2) is 11.5 Å². The van der Waals surface area contributed by atoms with Gasteiger partial charge in [0.05, 0.1) is 19.2 Å². The maximum absolute atomic E-state index is 13.1. The molecule has 0 saturated carbocycles. The first-order valence-corrected chi connectivity index (χ1v) is 11.5. The maximum atomic E-state index is 13.1. The van der Waals surface area contributed by atoms with Gasteiger partial charge in [0.25, 0.3) is 5.91 Å². The summed E-state index contributed by atoms with van der Waals surface area (Å²) in [6.45, 7) is 4.67. The van der Waals surface area contributed by atoms with Crippen molar-refractivity contribution in [2.24, 2.45) is 0 Å². The van der Waals surface area contributed by atoms with E-state index in [0.29, 0.717) is 23.5 Å². The monoisotopic (exact) mass is 464 g/mol. The Kier molecular flexibility index (Phi) is 7.25. The molecule has 0 unspecified atom stereocenters. The number of piperazine rings is 1.